The van der Waals surface area contributed by atoms with Gasteiger partial charge >= 0.3 is 0 Å². The predicted octanol–water partition coefficient (Wildman–Crippen LogP) is 2.65. The van der Waals surface area contributed by atoms with Crippen LogP contribution in [0, 0.1) is 0 Å². The van der Waals surface area contributed by atoms with Crippen molar-refractivity contribution in [3.05, 3.63) is 42.6 Å². The lowest BCUT2D eigenvalue weighted by Gasteiger charge is -1.91. The smallest absolute Gasteiger partial charge is 0.208 e. The molecular formula is C10H8ClNO. The van der Waals surface area contributed by atoms with Crippen molar-refractivity contribution in [3.8, 4) is 0 Å². The van der Waals surface area contributed by atoms with E-state index in [0.717, 1.165) is 5.52 Å². The van der Waals surface area contributed by atoms with Gasteiger partial charge in [0.25, 0.3) is 0 Å². The highest BCUT2D eigenvalue weighted by Crippen LogP contribution is 2.07. The average Bonchev–Trinajstić information content (AvgIpc) is 2.19. The third-order valence-electron chi connectivity index (χ3n) is 1.51. The SMILES string of the molecule is O=CCl.c1ccc2ncccc2c1. The Morgan fingerprint density at radius 1 is 1.15 bits per heavy atom. The highest BCUT2D eigenvalue weighted by molar-refractivity contribution is 6.54. The van der Waals surface area contributed by atoms with Gasteiger partial charge in [-0.2, -0.15) is 0 Å². The fourth-order valence-electron chi connectivity index (χ4n) is 1.02. The van der Waals surface area contributed by atoms with E-state index in [9.17, 15) is 0 Å². The first-order chi connectivity index (χ1) is 6.38. The number of carbonyl (C=O) groups excluding carboxylic acids is 1. The number of fused-ring (bicyclic) bond motifs is 1. The zero-order chi connectivity index (χ0) is 9.52. The largest absolute Gasteiger partial charge is 0.285 e. The quantitative estimate of drug-likeness (QED) is 0.476. The van der Waals surface area contributed by atoms with Crippen LogP contribution in [0.4, 0.5) is 0 Å². The van der Waals surface area contributed by atoms with Crippen LogP contribution in [0.5, 0.6) is 0 Å². The molecule has 0 aliphatic rings. The van der Waals surface area contributed by atoms with E-state index in [4.69, 9.17) is 4.79 Å². The summed E-state index contributed by atoms with van der Waals surface area (Å²) in [7, 11) is 0. The number of benzene rings is 1. The van der Waals surface area contributed by atoms with Gasteiger partial charge in [0.2, 0.25) is 5.75 Å². The van der Waals surface area contributed by atoms with Crippen molar-refractivity contribution < 1.29 is 4.79 Å². The number of nitrogens with zero attached hydrogens (tertiary/aromatic N) is 1. The number of hydrogen-bond acceptors (Lipinski definition) is 2. The van der Waals surface area contributed by atoms with E-state index in [1.807, 2.05) is 30.5 Å². The fourth-order valence-corrected chi connectivity index (χ4v) is 1.02. The second-order valence-electron chi connectivity index (χ2n) is 2.29. The first-order valence-electron chi connectivity index (χ1n) is 3.72. The van der Waals surface area contributed by atoms with Gasteiger partial charge in [0.05, 0.1) is 5.52 Å². The molecule has 2 rings (SSSR count). The topological polar surface area (TPSA) is 30.0 Å². The molecule has 0 aliphatic carbocycles. The molecule has 1 aromatic carbocycles. The molecular weight excluding hydrogens is 186 g/mol. The third-order valence-corrected chi connectivity index (χ3v) is 1.51. The van der Waals surface area contributed by atoms with E-state index in [1.165, 1.54) is 5.39 Å². The Morgan fingerprint density at radius 3 is 2.46 bits per heavy atom. The Hall–Kier alpha value is -1.41. The van der Waals surface area contributed by atoms with E-state index in [1.54, 1.807) is 0 Å². The van der Waals surface area contributed by atoms with Crippen LogP contribution >= 0.6 is 11.6 Å². The van der Waals surface area contributed by atoms with Crippen molar-refractivity contribution in [2.75, 3.05) is 0 Å². The van der Waals surface area contributed by atoms with Crippen LogP contribution in [0.1, 0.15) is 0 Å². The summed E-state index contributed by atoms with van der Waals surface area (Å²) in [6.07, 6.45) is 1.81. The van der Waals surface area contributed by atoms with Crippen molar-refractivity contribution >= 4 is 28.2 Å². The summed E-state index contributed by atoms with van der Waals surface area (Å²) in [6.45, 7) is 0. The van der Waals surface area contributed by atoms with Crippen LogP contribution in [0.3, 0.4) is 0 Å². The Kier molecular flexibility index (Phi) is 3.93. The van der Waals surface area contributed by atoms with E-state index in [-0.39, 0.29) is 5.75 Å². The van der Waals surface area contributed by atoms with Crippen molar-refractivity contribution in [1.82, 2.24) is 4.98 Å². The van der Waals surface area contributed by atoms with Gasteiger partial charge in [0.1, 0.15) is 0 Å². The second-order valence-corrected chi connectivity index (χ2v) is 2.46. The molecule has 3 heteroatoms. The zero-order valence-corrected chi connectivity index (χ0v) is 7.61. The highest BCUT2D eigenvalue weighted by Gasteiger charge is 1.86. The molecule has 0 fully saturated rings. The number of aromatic nitrogens is 1. The van der Waals surface area contributed by atoms with Gasteiger partial charge in [0, 0.05) is 11.6 Å². The molecule has 0 saturated carbocycles. The predicted molar refractivity (Wildman–Crippen MR) is 54.3 cm³/mol. The van der Waals surface area contributed by atoms with E-state index in [0.29, 0.717) is 0 Å². The summed E-state index contributed by atoms with van der Waals surface area (Å²) in [5.41, 5.74) is 1.06. The maximum absolute atomic E-state index is 8.57. The van der Waals surface area contributed by atoms with Crippen LogP contribution < -0.4 is 0 Å². The molecule has 13 heavy (non-hydrogen) atoms. The van der Waals surface area contributed by atoms with Crippen molar-refractivity contribution in [1.29, 1.82) is 0 Å². The molecule has 0 saturated heterocycles. The average molecular weight is 194 g/mol. The Morgan fingerprint density at radius 2 is 1.77 bits per heavy atom. The molecule has 0 N–H and O–H groups in total. The van der Waals surface area contributed by atoms with Gasteiger partial charge < -0.3 is 0 Å². The number of carbonyl (C=O) groups is 1. The van der Waals surface area contributed by atoms with Gasteiger partial charge in [-0.1, -0.05) is 24.3 Å². The van der Waals surface area contributed by atoms with Gasteiger partial charge in [-0.15, -0.1) is 0 Å². The van der Waals surface area contributed by atoms with Crippen molar-refractivity contribution in [3.63, 3.8) is 0 Å². The van der Waals surface area contributed by atoms with E-state index >= 15 is 0 Å². The number of pyridine rings is 1. The summed E-state index contributed by atoms with van der Waals surface area (Å²) in [4.78, 5) is 12.8. The summed E-state index contributed by atoms with van der Waals surface area (Å²) in [6, 6.07) is 12.1. The molecule has 2 nitrogen and oxygen atoms in total. The minimum Gasteiger partial charge on any atom is -0.285 e. The van der Waals surface area contributed by atoms with E-state index in [2.05, 4.69) is 28.7 Å². The molecule has 0 bridgehead atoms. The molecule has 66 valence electrons. The van der Waals surface area contributed by atoms with Crippen molar-refractivity contribution in [2.24, 2.45) is 0 Å². The van der Waals surface area contributed by atoms with Crippen LogP contribution in [0.2, 0.25) is 0 Å². The summed E-state index contributed by atoms with van der Waals surface area (Å²) in [5, 5.41) is 1.20. The lowest BCUT2D eigenvalue weighted by Crippen LogP contribution is -1.73. The summed E-state index contributed by atoms with van der Waals surface area (Å²) in [5.74, 6) is 0.222. The monoisotopic (exact) mass is 193 g/mol. The van der Waals surface area contributed by atoms with Crippen LogP contribution in [-0.4, -0.2) is 10.7 Å². The molecule has 1 heterocycles. The number of halogens is 1. The minimum atomic E-state index is 0.222. The van der Waals surface area contributed by atoms with E-state index < -0.39 is 0 Å². The second kappa shape index (κ2) is 5.27. The molecule has 0 unspecified atom stereocenters. The molecule has 0 amide bonds. The van der Waals surface area contributed by atoms with Crippen LogP contribution in [-0.2, 0) is 4.79 Å². The maximum Gasteiger partial charge on any atom is 0.208 e. The Labute approximate surface area is 81.2 Å². The molecule has 0 aliphatic heterocycles. The van der Waals surface area contributed by atoms with Gasteiger partial charge in [-0.05, 0) is 23.7 Å². The molecule has 0 atom stereocenters. The third kappa shape index (κ3) is 2.84. The Bertz CT molecular complexity index is 324. The molecule has 1 aromatic heterocycles. The summed E-state index contributed by atoms with van der Waals surface area (Å²) >= 11 is 4.32. The fraction of sp³-hybridized carbons (Fsp3) is 0. The number of para-hydroxylation sites is 1. The lowest BCUT2D eigenvalue weighted by molar-refractivity contribution is 0.569. The minimum absolute atomic E-state index is 0.222. The van der Waals surface area contributed by atoms with Gasteiger partial charge in [-0.3, -0.25) is 9.78 Å². The zero-order valence-electron chi connectivity index (χ0n) is 6.85. The lowest BCUT2D eigenvalue weighted by atomic mass is 10.2. The Balaban J connectivity index is 0.000000251. The summed E-state index contributed by atoms with van der Waals surface area (Å²) < 4.78 is 0. The first kappa shape index (κ1) is 9.68. The molecule has 0 radical (unpaired) electrons. The standard InChI is InChI=1S/C9H7N.CHClO/c1-2-6-9-8(4-1)5-3-7-10-9;2-1-3/h1-7H;1H. The van der Waals surface area contributed by atoms with Crippen LogP contribution in [0.15, 0.2) is 42.6 Å². The van der Waals surface area contributed by atoms with Gasteiger partial charge in [-0.25, -0.2) is 0 Å². The normalized spacial score (nSPS) is 8.69. The maximum atomic E-state index is 8.57. The van der Waals surface area contributed by atoms with Crippen molar-refractivity contribution in [2.45, 2.75) is 0 Å². The highest BCUT2D eigenvalue weighted by atomic mass is 35.5. The van der Waals surface area contributed by atoms with Crippen LogP contribution in [0.25, 0.3) is 10.9 Å². The van der Waals surface area contributed by atoms with Gasteiger partial charge in [0.15, 0.2) is 0 Å². The molecule has 0 spiro atoms. The number of rotatable bonds is 0. The first-order valence-corrected chi connectivity index (χ1v) is 4.15. The molecule has 2 aromatic rings. The number of hydrogen-bond donors (Lipinski definition) is 0.